The maximum atomic E-state index is 11.7. The molecule has 0 radical (unpaired) electrons. The Balaban J connectivity index is 1.74. The van der Waals surface area contributed by atoms with Crippen molar-refractivity contribution in [3.8, 4) is 0 Å². The van der Waals surface area contributed by atoms with E-state index in [9.17, 15) is 4.79 Å². The van der Waals surface area contributed by atoms with Crippen molar-refractivity contribution in [1.29, 1.82) is 0 Å². The lowest BCUT2D eigenvalue weighted by Gasteiger charge is -2.04. The number of aryl methyl sites for hydroxylation is 1. The SMILES string of the molecule is O=C(NCCCc1cccc(Cl)c1)c1cnccn1. The first-order chi connectivity index (χ1) is 9.25. The number of benzene rings is 1. The monoisotopic (exact) mass is 275 g/mol. The topological polar surface area (TPSA) is 54.9 Å². The third-order valence-corrected chi connectivity index (χ3v) is 2.85. The Morgan fingerprint density at radius 1 is 1.32 bits per heavy atom. The van der Waals surface area contributed by atoms with Crippen molar-refractivity contribution in [2.45, 2.75) is 12.8 Å². The van der Waals surface area contributed by atoms with Crippen molar-refractivity contribution in [3.63, 3.8) is 0 Å². The van der Waals surface area contributed by atoms with E-state index in [0.717, 1.165) is 17.9 Å². The summed E-state index contributed by atoms with van der Waals surface area (Å²) in [6.07, 6.45) is 6.22. The summed E-state index contributed by atoms with van der Waals surface area (Å²) in [5.41, 5.74) is 1.51. The first kappa shape index (κ1) is 13.5. The van der Waals surface area contributed by atoms with Crippen LogP contribution < -0.4 is 5.32 Å². The molecule has 1 aromatic carbocycles. The van der Waals surface area contributed by atoms with Gasteiger partial charge in [-0.2, -0.15) is 0 Å². The zero-order valence-corrected chi connectivity index (χ0v) is 11.1. The highest BCUT2D eigenvalue weighted by molar-refractivity contribution is 6.30. The molecule has 0 atom stereocenters. The Labute approximate surface area is 116 Å². The normalized spacial score (nSPS) is 10.2. The molecule has 1 aromatic heterocycles. The van der Waals surface area contributed by atoms with Crippen molar-refractivity contribution < 1.29 is 4.79 Å². The predicted molar refractivity (Wildman–Crippen MR) is 74.1 cm³/mol. The van der Waals surface area contributed by atoms with Crippen molar-refractivity contribution >= 4 is 17.5 Å². The molecule has 1 N–H and O–H groups in total. The maximum Gasteiger partial charge on any atom is 0.271 e. The van der Waals surface area contributed by atoms with Crippen LogP contribution >= 0.6 is 11.6 Å². The van der Waals surface area contributed by atoms with Gasteiger partial charge in [-0.05, 0) is 30.5 Å². The molecule has 1 amide bonds. The van der Waals surface area contributed by atoms with Gasteiger partial charge >= 0.3 is 0 Å². The van der Waals surface area contributed by atoms with E-state index in [0.29, 0.717) is 12.2 Å². The van der Waals surface area contributed by atoms with E-state index in [4.69, 9.17) is 11.6 Å². The third kappa shape index (κ3) is 4.34. The Morgan fingerprint density at radius 2 is 2.21 bits per heavy atom. The molecule has 0 saturated heterocycles. The predicted octanol–water partition coefficient (Wildman–Crippen LogP) is 2.49. The van der Waals surface area contributed by atoms with Crippen LogP contribution in [0.15, 0.2) is 42.9 Å². The molecule has 0 spiro atoms. The second-order valence-corrected chi connectivity index (χ2v) is 4.52. The Bertz CT molecular complexity index is 545. The molecular formula is C14H14ClN3O. The molecule has 0 aliphatic heterocycles. The fraction of sp³-hybridized carbons (Fsp3) is 0.214. The molecule has 19 heavy (non-hydrogen) atoms. The van der Waals surface area contributed by atoms with Gasteiger partial charge in [-0.25, -0.2) is 4.98 Å². The highest BCUT2D eigenvalue weighted by atomic mass is 35.5. The van der Waals surface area contributed by atoms with Crippen LogP contribution in [0.5, 0.6) is 0 Å². The fourth-order valence-corrected chi connectivity index (χ4v) is 1.91. The largest absolute Gasteiger partial charge is 0.351 e. The molecule has 2 rings (SSSR count). The van der Waals surface area contributed by atoms with E-state index < -0.39 is 0 Å². The smallest absolute Gasteiger partial charge is 0.271 e. The molecule has 0 bridgehead atoms. The summed E-state index contributed by atoms with van der Waals surface area (Å²) in [5, 5.41) is 3.55. The van der Waals surface area contributed by atoms with Gasteiger partial charge in [0.2, 0.25) is 0 Å². The molecule has 1 heterocycles. The third-order valence-electron chi connectivity index (χ3n) is 2.61. The lowest BCUT2D eigenvalue weighted by molar-refractivity contribution is 0.0948. The molecular weight excluding hydrogens is 262 g/mol. The van der Waals surface area contributed by atoms with Gasteiger partial charge in [0.05, 0.1) is 6.20 Å². The minimum atomic E-state index is -0.195. The molecule has 4 nitrogen and oxygen atoms in total. The minimum absolute atomic E-state index is 0.195. The average molecular weight is 276 g/mol. The number of amides is 1. The summed E-state index contributed by atoms with van der Waals surface area (Å²) in [6, 6.07) is 7.74. The van der Waals surface area contributed by atoms with Crippen LogP contribution in [0, 0.1) is 0 Å². The zero-order chi connectivity index (χ0) is 13.5. The number of nitrogens with zero attached hydrogens (tertiary/aromatic N) is 2. The van der Waals surface area contributed by atoms with Crippen LogP contribution in [0.2, 0.25) is 5.02 Å². The van der Waals surface area contributed by atoms with Gasteiger partial charge < -0.3 is 5.32 Å². The van der Waals surface area contributed by atoms with Gasteiger partial charge in [-0.15, -0.1) is 0 Å². The van der Waals surface area contributed by atoms with Crippen LogP contribution in [-0.4, -0.2) is 22.4 Å². The van der Waals surface area contributed by atoms with Crippen LogP contribution in [0.4, 0.5) is 0 Å². The number of carbonyl (C=O) groups is 1. The number of nitrogens with one attached hydrogen (secondary N) is 1. The maximum absolute atomic E-state index is 11.7. The van der Waals surface area contributed by atoms with E-state index in [1.807, 2.05) is 24.3 Å². The van der Waals surface area contributed by atoms with Crippen LogP contribution in [-0.2, 0) is 6.42 Å². The second-order valence-electron chi connectivity index (χ2n) is 4.08. The van der Waals surface area contributed by atoms with E-state index in [1.54, 1.807) is 0 Å². The fourth-order valence-electron chi connectivity index (χ4n) is 1.69. The number of hydrogen-bond acceptors (Lipinski definition) is 3. The lowest BCUT2D eigenvalue weighted by atomic mass is 10.1. The van der Waals surface area contributed by atoms with Crippen LogP contribution in [0.25, 0.3) is 0 Å². The molecule has 2 aromatic rings. The quantitative estimate of drug-likeness (QED) is 0.853. The van der Waals surface area contributed by atoms with Gasteiger partial charge in [0, 0.05) is 24.0 Å². The van der Waals surface area contributed by atoms with Gasteiger partial charge in [0.25, 0.3) is 5.91 Å². The van der Waals surface area contributed by atoms with Crippen LogP contribution in [0.1, 0.15) is 22.5 Å². The summed E-state index contributed by atoms with van der Waals surface area (Å²) in [4.78, 5) is 19.5. The van der Waals surface area contributed by atoms with Crippen molar-refractivity contribution in [3.05, 3.63) is 59.1 Å². The highest BCUT2D eigenvalue weighted by Crippen LogP contribution is 2.11. The van der Waals surface area contributed by atoms with E-state index in [1.165, 1.54) is 24.2 Å². The van der Waals surface area contributed by atoms with Gasteiger partial charge in [-0.1, -0.05) is 23.7 Å². The van der Waals surface area contributed by atoms with Gasteiger partial charge in [-0.3, -0.25) is 9.78 Å². The van der Waals surface area contributed by atoms with Crippen molar-refractivity contribution in [1.82, 2.24) is 15.3 Å². The van der Waals surface area contributed by atoms with E-state index >= 15 is 0 Å². The molecule has 5 heteroatoms. The minimum Gasteiger partial charge on any atom is -0.351 e. The van der Waals surface area contributed by atoms with E-state index in [-0.39, 0.29) is 5.91 Å². The molecule has 0 saturated carbocycles. The Morgan fingerprint density at radius 3 is 2.95 bits per heavy atom. The van der Waals surface area contributed by atoms with Gasteiger partial charge in [0.15, 0.2) is 0 Å². The number of rotatable bonds is 5. The second kappa shape index (κ2) is 6.85. The standard InChI is InChI=1S/C14H14ClN3O/c15-12-5-1-3-11(9-12)4-2-6-18-14(19)13-10-16-7-8-17-13/h1,3,5,7-10H,2,4,6H2,(H,18,19). The number of aromatic nitrogens is 2. The Hall–Kier alpha value is -1.94. The highest BCUT2D eigenvalue weighted by Gasteiger charge is 2.05. The Kier molecular flexibility index (Phi) is 4.86. The summed E-state index contributed by atoms with van der Waals surface area (Å²) < 4.78 is 0. The van der Waals surface area contributed by atoms with Crippen molar-refractivity contribution in [2.75, 3.05) is 6.54 Å². The number of hydrogen-bond donors (Lipinski definition) is 1. The average Bonchev–Trinajstić information content (AvgIpc) is 2.44. The number of carbonyl (C=O) groups excluding carboxylic acids is 1. The molecule has 0 aliphatic rings. The molecule has 0 unspecified atom stereocenters. The summed E-state index contributed by atoms with van der Waals surface area (Å²) >= 11 is 5.90. The first-order valence-electron chi connectivity index (χ1n) is 6.04. The van der Waals surface area contributed by atoms with Crippen LogP contribution in [0.3, 0.4) is 0 Å². The van der Waals surface area contributed by atoms with E-state index in [2.05, 4.69) is 15.3 Å². The first-order valence-corrected chi connectivity index (χ1v) is 6.42. The molecule has 98 valence electrons. The zero-order valence-electron chi connectivity index (χ0n) is 10.3. The van der Waals surface area contributed by atoms with Gasteiger partial charge in [0.1, 0.15) is 5.69 Å². The number of halogens is 1. The molecule has 0 fully saturated rings. The molecule has 0 aliphatic carbocycles. The summed E-state index contributed by atoms with van der Waals surface area (Å²) in [7, 11) is 0. The summed E-state index contributed by atoms with van der Waals surface area (Å²) in [5.74, 6) is -0.195. The van der Waals surface area contributed by atoms with Crippen molar-refractivity contribution in [2.24, 2.45) is 0 Å². The lowest BCUT2D eigenvalue weighted by Crippen LogP contribution is -2.25. The summed E-state index contributed by atoms with van der Waals surface area (Å²) in [6.45, 7) is 0.599.